The Labute approximate surface area is 238 Å². The Balaban J connectivity index is 1.59. The van der Waals surface area contributed by atoms with Crippen LogP contribution in [0.25, 0.3) is 0 Å². The number of fused-ring (bicyclic) bond motifs is 1. The Bertz CT molecular complexity index is 1260. The molecule has 11 heteroatoms. The first-order valence-corrected chi connectivity index (χ1v) is 14.0. The quantitative estimate of drug-likeness (QED) is 0.524. The molecule has 0 unspecified atom stereocenters. The Morgan fingerprint density at radius 3 is 2.34 bits per heavy atom. The number of aryl methyl sites for hydroxylation is 1. The summed E-state index contributed by atoms with van der Waals surface area (Å²) in [7, 11) is 1.55. The van der Waals surface area contributed by atoms with Crippen molar-refractivity contribution in [3.8, 4) is 5.75 Å². The fraction of sp³-hybridized carbons (Fsp3) is 0.500. The van der Waals surface area contributed by atoms with Crippen LogP contribution in [0.15, 0.2) is 36.4 Å². The average Bonchev–Trinajstić information content (AvgIpc) is 3.78. The molecule has 222 valence electrons. The highest BCUT2D eigenvalue weighted by Crippen LogP contribution is 2.34. The Hall–Kier alpha value is -3.60. The number of halogens is 3. The van der Waals surface area contributed by atoms with Crippen LogP contribution in [0.1, 0.15) is 44.2 Å². The summed E-state index contributed by atoms with van der Waals surface area (Å²) in [5, 5.41) is 8.80. The van der Waals surface area contributed by atoms with Crippen LogP contribution in [-0.2, 0) is 27.2 Å². The fourth-order valence-electron chi connectivity index (χ4n) is 4.87. The van der Waals surface area contributed by atoms with Crippen LogP contribution in [0.5, 0.6) is 5.75 Å². The molecule has 3 amide bonds. The van der Waals surface area contributed by atoms with Gasteiger partial charge >= 0.3 is 0 Å². The SMILES string of the molecule is C[C@@H]1CN[C@@H](C2CC2)C(=O)N(C)[C@H](C)C(=O)N[C@H](Cc2ccc(F)cc2)C(=O)NCCCc2cc(F)c(F)cc2O1. The third kappa shape index (κ3) is 8.00. The number of hydrogen-bond donors (Lipinski definition) is 3. The molecular formula is C30H37F3N4O4. The monoisotopic (exact) mass is 574 g/mol. The first kappa shape index (κ1) is 30.4. The summed E-state index contributed by atoms with van der Waals surface area (Å²) in [6.45, 7) is 3.83. The standard InChI is InChI=1S/C30H37F3N4O4/c1-17-16-35-27(20-8-9-20)30(40)37(3)18(2)28(38)36-25(13-19-6-10-22(31)11-7-19)29(39)34-12-4-5-21-14-23(32)24(33)15-26(21)41-17/h6-7,10-11,14-15,17-18,20,25,27,35H,4-5,8-9,12-13,16H2,1-3H3,(H,34,39)(H,36,38)/t17-,18-,25-,27+/m1/s1. The van der Waals surface area contributed by atoms with E-state index in [0.29, 0.717) is 24.0 Å². The number of ether oxygens (including phenoxy) is 1. The third-order valence-corrected chi connectivity index (χ3v) is 7.63. The lowest BCUT2D eigenvalue weighted by Crippen LogP contribution is -2.57. The van der Waals surface area contributed by atoms with Crippen LogP contribution in [0.3, 0.4) is 0 Å². The largest absolute Gasteiger partial charge is 0.489 e. The molecule has 0 spiro atoms. The molecule has 1 aliphatic carbocycles. The topological polar surface area (TPSA) is 99.8 Å². The zero-order valence-electron chi connectivity index (χ0n) is 23.5. The van der Waals surface area contributed by atoms with Crippen molar-refractivity contribution in [3.63, 3.8) is 0 Å². The molecule has 3 N–H and O–H groups in total. The van der Waals surface area contributed by atoms with Gasteiger partial charge in [-0.15, -0.1) is 0 Å². The summed E-state index contributed by atoms with van der Waals surface area (Å²) in [5.74, 6) is -3.37. The molecule has 1 aliphatic heterocycles. The minimum atomic E-state index is -1.03. The van der Waals surface area contributed by atoms with Gasteiger partial charge in [-0.1, -0.05) is 12.1 Å². The van der Waals surface area contributed by atoms with Gasteiger partial charge in [0.05, 0.1) is 6.04 Å². The number of hydrogen-bond acceptors (Lipinski definition) is 5. The van der Waals surface area contributed by atoms with Crippen molar-refractivity contribution in [3.05, 3.63) is 65.0 Å². The molecular weight excluding hydrogens is 537 g/mol. The maximum absolute atomic E-state index is 14.1. The average molecular weight is 575 g/mol. The van der Waals surface area contributed by atoms with Crippen LogP contribution in [0.2, 0.25) is 0 Å². The van der Waals surface area contributed by atoms with Crippen LogP contribution in [0, 0.1) is 23.4 Å². The number of amides is 3. The summed E-state index contributed by atoms with van der Waals surface area (Å²) in [5.41, 5.74) is 1.09. The summed E-state index contributed by atoms with van der Waals surface area (Å²) < 4.78 is 47.6. The van der Waals surface area contributed by atoms with Crippen molar-refractivity contribution in [1.82, 2.24) is 20.9 Å². The van der Waals surface area contributed by atoms with Crippen LogP contribution >= 0.6 is 0 Å². The van der Waals surface area contributed by atoms with E-state index in [1.807, 2.05) is 0 Å². The zero-order valence-corrected chi connectivity index (χ0v) is 23.5. The molecule has 8 nitrogen and oxygen atoms in total. The molecule has 0 bridgehead atoms. The maximum atomic E-state index is 14.1. The van der Waals surface area contributed by atoms with Gasteiger partial charge in [-0.25, -0.2) is 13.2 Å². The van der Waals surface area contributed by atoms with Crippen LogP contribution in [-0.4, -0.2) is 67.0 Å². The minimum Gasteiger partial charge on any atom is -0.489 e. The Morgan fingerprint density at radius 2 is 1.66 bits per heavy atom. The van der Waals surface area contributed by atoms with Gasteiger partial charge in [0.25, 0.3) is 0 Å². The van der Waals surface area contributed by atoms with E-state index >= 15 is 0 Å². The van der Waals surface area contributed by atoms with Crippen molar-refractivity contribution in [2.75, 3.05) is 20.1 Å². The second-order valence-corrected chi connectivity index (χ2v) is 10.9. The second kappa shape index (κ2) is 13.4. The number of carbonyl (C=O) groups excluding carboxylic acids is 3. The fourth-order valence-corrected chi connectivity index (χ4v) is 4.87. The predicted molar refractivity (Wildman–Crippen MR) is 147 cm³/mol. The maximum Gasteiger partial charge on any atom is 0.243 e. The molecule has 41 heavy (non-hydrogen) atoms. The summed E-state index contributed by atoms with van der Waals surface area (Å²) in [4.78, 5) is 41.3. The second-order valence-electron chi connectivity index (χ2n) is 10.9. The minimum absolute atomic E-state index is 0.105. The lowest BCUT2D eigenvalue weighted by Gasteiger charge is -2.31. The Kier molecular flexibility index (Phi) is 9.90. The molecule has 1 fully saturated rings. The number of nitrogens with zero attached hydrogens (tertiary/aromatic N) is 1. The molecule has 2 aromatic rings. The third-order valence-electron chi connectivity index (χ3n) is 7.63. The molecule has 0 aromatic heterocycles. The molecule has 2 aromatic carbocycles. The van der Waals surface area contributed by atoms with Gasteiger partial charge in [-0.05, 0) is 74.8 Å². The first-order chi connectivity index (χ1) is 19.5. The van der Waals surface area contributed by atoms with E-state index in [0.717, 1.165) is 25.0 Å². The van der Waals surface area contributed by atoms with E-state index in [-0.39, 0.29) is 37.1 Å². The molecule has 0 radical (unpaired) electrons. The normalized spacial score (nSPS) is 25.3. The molecule has 2 aliphatic rings. The van der Waals surface area contributed by atoms with Crippen molar-refractivity contribution < 1.29 is 32.3 Å². The van der Waals surface area contributed by atoms with E-state index in [4.69, 9.17) is 4.74 Å². The highest BCUT2D eigenvalue weighted by molar-refractivity contribution is 5.93. The van der Waals surface area contributed by atoms with Gasteiger partial charge in [-0.2, -0.15) is 0 Å². The van der Waals surface area contributed by atoms with Gasteiger partial charge < -0.3 is 25.6 Å². The van der Waals surface area contributed by atoms with E-state index in [1.54, 1.807) is 20.9 Å². The number of likely N-dealkylation sites (N-methyl/N-ethyl adjacent to an activating group) is 1. The van der Waals surface area contributed by atoms with Crippen molar-refractivity contribution in [2.24, 2.45) is 5.92 Å². The molecule has 4 rings (SSSR count). The molecule has 1 saturated carbocycles. The number of carbonyl (C=O) groups is 3. The van der Waals surface area contributed by atoms with Crippen molar-refractivity contribution in [1.29, 1.82) is 0 Å². The zero-order chi connectivity index (χ0) is 29.7. The summed E-state index contributed by atoms with van der Waals surface area (Å²) in [6.07, 6.45) is 2.06. The number of rotatable bonds is 3. The Morgan fingerprint density at radius 1 is 0.976 bits per heavy atom. The molecule has 1 heterocycles. The lowest BCUT2D eigenvalue weighted by molar-refractivity contribution is -0.141. The van der Waals surface area contributed by atoms with Gasteiger partial charge in [0.1, 0.15) is 29.8 Å². The van der Waals surface area contributed by atoms with Gasteiger partial charge in [0, 0.05) is 32.6 Å². The highest BCUT2D eigenvalue weighted by Gasteiger charge is 2.39. The van der Waals surface area contributed by atoms with Crippen LogP contribution < -0.4 is 20.7 Å². The number of benzene rings is 2. The smallest absolute Gasteiger partial charge is 0.243 e. The lowest BCUT2D eigenvalue weighted by atomic mass is 10.0. The van der Waals surface area contributed by atoms with Gasteiger partial charge in [0.15, 0.2) is 11.6 Å². The summed E-state index contributed by atoms with van der Waals surface area (Å²) >= 11 is 0. The van der Waals surface area contributed by atoms with Gasteiger partial charge in [0.2, 0.25) is 17.7 Å². The van der Waals surface area contributed by atoms with E-state index in [9.17, 15) is 27.6 Å². The van der Waals surface area contributed by atoms with Crippen molar-refractivity contribution >= 4 is 17.7 Å². The van der Waals surface area contributed by atoms with Crippen LogP contribution in [0.4, 0.5) is 13.2 Å². The highest BCUT2D eigenvalue weighted by atomic mass is 19.2. The predicted octanol–water partition coefficient (Wildman–Crippen LogP) is 2.88. The van der Waals surface area contributed by atoms with Gasteiger partial charge in [-0.3, -0.25) is 14.4 Å². The van der Waals surface area contributed by atoms with E-state index in [2.05, 4.69) is 16.0 Å². The molecule has 4 atom stereocenters. The molecule has 0 saturated heterocycles. The number of nitrogens with one attached hydrogen (secondary N) is 3. The van der Waals surface area contributed by atoms with E-state index < -0.39 is 53.5 Å². The first-order valence-electron chi connectivity index (χ1n) is 14.0. The van der Waals surface area contributed by atoms with Crippen molar-refractivity contribution in [2.45, 2.75) is 70.2 Å². The van der Waals surface area contributed by atoms with E-state index in [1.165, 1.54) is 29.2 Å². The summed E-state index contributed by atoms with van der Waals surface area (Å²) in [6, 6.07) is 5.33.